The van der Waals surface area contributed by atoms with Crippen molar-refractivity contribution in [2.75, 3.05) is 19.6 Å². The van der Waals surface area contributed by atoms with Crippen LogP contribution in [0.4, 0.5) is 0 Å². The van der Waals surface area contributed by atoms with Crippen LogP contribution in [-0.4, -0.2) is 59.1 Å². The lowest BCUT2D eigenvalue weighted by Crippen LogP contribution is -2.49. The lowest BCUT2D eigenvalue weighted by molar-refractivity contribution is -0.136. The third-order valence-corrected chi connectivity index (χ3v) is 4.86. The third-order valence-electron chi connectivity index (χ3n) is 4.86. The first kappa shape index (κ1) is 18.1. The second kappa shape index (κ2) is 7.68. The standard InChI is InChI=1S/C19H23N3O4/c1-13(17(24)21-10-5-2-6-11-21)20-16(23)9-12-22-18(25)14-7-3-4-8-15(14)19(22)26/h3-4,7-8,13H,2,5-6,9-12H2,1H3,(H,20,23)/t13-/m1/s1. The number of likely N-dealkylation sites (tertiary alicyclic amines) is 1. The van der Waals surface area contributed by atoms with E-state index in [2.05, 4.69) is 5.32 Å². The minimum absolute atomic E-state index is 0.00278. The number of hydrogen-bond acceptors (Lipinski definition) is 4. The van der Waals surface area contributed by atoms with Gasteiger partial charge in [-0.25, -0.2) is 0 Å². The van der Waals surface area contributed by atoms with Crippen molar-refractivity contribution in [1.82, 2.24) is 15.1 Å². The fourth-order valence-electron chi connectivity index (χ4n) is 3.42. The van der Waals surface area contributed by atoms with E-state index in [1.807, 2.05) is 0 Å². The molecule has 0 aromatic heterocycles. The molecule has 7 nitrogen and oxygen atoms in total. The zero-order chi connectivity index (χ0) is 18.7. The summed E-state index contributed by atoms with van der Waals surface area (Å²) in [6, 6.07) is 6.01. The molecule has 3 rings (SSSR count). The minimum atomic E-state index is -0.609. The number of carbonyl (C=O) groups excluding carboxylic acids is 4. The zero-order valence-corrected chi connectivity index (χ0v) is 14.9. The summed E-state index contributed by atoms with van der Waals surface area (Å²) in [6.45, 7) is 3.13. The van der Waals surface area contributed by atoms with Crippen molar-refractivity contribution in [1.29, 1.82) is 0 Å². The van der Waals surface area contributed by atoms with Crippen molar-refractivity contribution in [3.8, 4) is 0 Å². The highest BCUT2D eigenvalue weighted by Gasteiger charge is 2.35. The predicted octanol–water partition coefficient (Wildman–Crippen LogP) is 1.19. The van der Waals surface area contributed by atoms with E-state index in [1.165, 1.54) is 0 Å². The van der Waals surface area contributed by atoms with Crippen LogP contribution in [0.5, 0.6) is 0 Å². The number of amides is 4. The van der Waals surface area contributed by atoms with Gasteiger partial charge in [-0.3, -0.25) is 24.1 Å². The lowest BCUT2D eigenvalue weighted by Gasteiger charge is -2.29. The van der Waals surface area contributed by atoms with Crippen molar-refractivity contribution in [3.63, 3.8) is 0 Å². The molecule has 1 saturated heterocycles. The van der Waals surface area contributed by atoms with E-state index in [9.17, 15) is 19.2 Å². The van der Waals surface area contributed by atoms with Crippen molar-refractivity contribution in [2.45, 2.75) is 38.6 Å². The van der Waals surface area contributed by atoms with Crippen molar-refractivity contribution in [2.24, 2.45) is 0 Å². The average Bonchev–Trinajstić information content (AvgIpc) is 2.91. The van der Waals surface area contributed by atoms with E-state index in [0.29, 0.717) is 11.1 Å². The molecule has 2 heterocycles. The molecule has 2 aliphatic rings. The molecule has 0 saturated carbocycles. The first-order valence-corrected chi connectivity index (χ1v) is 9.02. The molecule has 1 atom stereocenters. The molecule has 2 aliphatic heterocycles. The zero-order valence-electron chi connectivity index (χ0n) is 14.9. The van der Waals surface area contributed by atoms with Gasteiger partial charge in [0.15, 0.2) is 0 Å². The van der Waals surface area contributed by atoms with Crippen LogP contribution in [0.3, 0.4) is 0 Å². The number of benzene rings is 1. The smallest absolute Gasteiger partial charge is 0.261 e. The summed E-state index contributed by atoms with van der Waals surface area (Å²) in [6.07, 6.45) is 3.09. The number of nitrogens with zero attached hydrogens (tertiary/aromatic N) is 2. The highest BCUT2D eigenvalue weighted by Crippen LogP contribution is 2.22. The normalized spacial score (nSPS) is 17.9. The van der Waals surface area contributed by atoms with Crippen LogP contribution < -0.4 is 5.32 Å². The fraction of sp³-hybridized carbons (Fsp3) is 0.474. The van der Waals surface area contributed by atoms with Crippen LogP contribution in [-0.2, 0) is 9.59 Å². The molecule has 26 heavy (non-hydrogen) atoms. The van der Waals surface area contributed by atoms with Gasteiger partial charge in [-0.1, -0.05) is 12.1 Å². The second-order valence-corrected chi connectivity index (χ2v) is 6.73. The van der Waals surface area contributed by atoms with E-state index in [0.717, 1.165) is 37.3 Å². The maximum absolute atomic E-state index is 12.3. The van der Waals surface area contributed by atoms with E-state index < -0.39 is 6.04 Å². The molecular weight excluding hydrogens is 334 g/mol. The lowest BCUT2D eigenvalue weighted by atomic mass is 10.1. The largest absolute Gasteiger partial charge is 0.345 e. The van der Waals surface area contributed by atoms with Gasteiger partial charge in [0, 0.05) is 26.1 Å². The maximum Gasteiger partial charge on any atom is 0.261 e. The summed E-state index contributed by atoms with van der Waals surface area (Å²) >= 11 is 0. The number of nitrogens with one attached hydrogen (secondary N) is 1. The molecule has 138 valence electrons. The topological polar surface area (TPSA) is 86.8 Å². The quantitative estimate of drug-likeness (QED) is 0.802. The number of piperidine rings is 1. The Hall–Kier alpha value is -2.70. The fourth-order valence-corrected chi connectivity index (χ4v) is 3.42. The van der Waals surface area contributed by atoms with E-state index in [4.69, 9.17) is 0 Å². The Morgan fingerprint density at radius 2 is 1.62 bits per heavy atom. The number of imide groups is 1. The Morgan fingerprint density at radius 3 is 2.19 bits per heavy atom. The van der Waals surface area contributed by atoms with Crippen molar-refractivity contribution >= 4 is 23.6 Å². The number of fused-ring (bicyclic) bond motifs is 1. The average molecular weight is 357 g/mol. The molecule has 0 unspecified atom stereocenters. The Kier molecular flexibility index (Phi) is 5.35. The molecular formula is C19H23N3O4. The monoisotopic (exact) mass is 357 g/mol. The number of carbonyl (C=O) groups is 4. The molecule has 0 radical (unpaired) electrons. The second-order valence-electron chi connectivity index (χ2n) is 6.73. The van der Waals surface area contributed by atoms with Gasteiger partial charge >= 0.3 is 0 Å². The Labute approximate surface area is 152 Å². The van der Waals surface area contributed by atoms with Crippen LogP contribution in [0.2, 0.25) is 0 Å². The first-order chi connectivity index (χ1) is 12.5. The van der Waals surface area contributed by atoms with Crippen molar-refractivity contribution < 1.29 is 19.2 Å². The van der Waals surface area contributed by atoms with E-state index in [-0.39, 0.29) is 36.6 Å². The van der Waals surface area contributed by atoms with E-state index in [1.54, 1.807) is 36.1 Å². The van der Waals surface area contributed by atoms with Crippen LogP contribution in [0, 0.1) is 0 Å². The van der Waals surface area contributed by atoms with Crippen molar-refractivity contribution in [3.05, 3.63) is 35.4 Å². The SMILES string of the molecule is C[C@@H](NC(=O)CCN1C(=O)c2ccccc2C1=O)C(=O)N1CCCCC1. The summed E-state index contributed by atoms with van der Waals surface area (Å²) in [5.74, 6) is -1.19. The molecule has 1 aromatic rings. The van der Waals surface area contributed by atoms with Gasteiger partial charge < -0.3 is 10.2 Å². The molecule has 1 fully saturated rings. The van der Waals surface area contributed by atoms with Gasteiger partial charge in [0.2, 0.25) is 11.8 Å². The van der Waals surface area contributed by atoms with Gasteiger partial charge in [-0.05, 0) is 38.3 Å². The highest BCUT2D eigenvalue weighted by molar-refractivity contribution is 6.21. The van der Waals surface area contributed by atoms with E-state index >= 15 is 0 Å². The summed E-state index contributed by atoms with van der Waals surface area (Å²) in [5, 5.41) is 2.67. The van der Waals surface area contributed by atoms with Gasteiger partial charge in [0.25, 0.3) is 11.8 Å². The predicted molar refractivity (Wildman–Crippen MR) is 94.5 cm³/mol. The third kappa shape index (κ3) is 3.61. The minimum Gasteiger partial charge on any atom is -0.345 e. The van der Waals surface area contributed by atoms with Gasteiger partial charge in [0.05, 0.1) is 11.1 Å². The molecule has 0 spiro atoms. The van der Waals surface area contributed by atoms with Gasteiger partial charge in [-0.2, -0.15) is 0 Å². The Balaban J connectivity index is 1.51. The molecule has 1 N–H and O–H groups in total. The highest BCUT2D eigenvalue weighted by atomic mass is 16.2. The molecule has 0 aliphatic carbocycles. The first-order valence-electron chi connectivity index (χ1n) is 9.02. The maximum atomic E-state index is 12.3. The summed E-state index contributed by atoms with van der Waals surface area (Å²) < 4.78 is 0. The van der Waals surface area contributed by atoms with Crippen LogP contribution in [0.25, 0.3) is 0 Å². The molecule has 7 heteroatoms. The van der Waals surface area contributed by atoms with Gasteiger partial charge in [-0.15, -0.1) is 0 Å². The van der Waals surface area contributed by atoms with Crippen LogP contribution in [0.15, 0.2) is 24.3 Å². The van der Waals surface area contributed by atoms with Gasteiger partial charge in [0.1, 0.15) is 6.04 Å². The Bertz CT molecular complexity index is 705. The van der Waals surface area contributed by atoms with Crippen LogP contribution >= 0.6 is 0 Å². The summed E-state index contributed by atoms with van der Waals surface area (Å²) in [4.78, 5) is 51.9. The summed E-state index contributed by atoms with van der Waals surface area (Å²) in [5.41, 5.74) is 0.734. The number of hydrogen-bond donors (Lipinski definition) is 1. The Morgan fingerprint density at radius 1 is 1.04 bits per heavy atom. The molecule has 0 bridgehead atoms. The molecule has 4 amide bonds. The van der Waals surface area contributed by atoms with Crippen LogP contribution in [0.1, 0.15) is 53.3 Å². The summed E-state index contributed by atoms with van der Waals surface area (Å²) in [7, 11) is 0. The number of rotatable bonds is 5. The molecule has 1 aromatic carbocycles.